The van der Waals surface area contributed by atoms with E-state index in [1.54, 1.807) is 11.7 Å². The van der Waals surface area contributed by atoms with Crippen LogP contribution in [0.1, 0.15) is 18.4 Å². The number of hydrogen-bond donors (Lipinski definition) is 0. The zero-order chi connectivity index (χ0) is 21.5. The third-order valence-electron chi connectivity index (χ3n) is 6.15. The molecule has 160 valence electrons. The molecular weight excluding hydrogens is 394 g/mol. The molecule has 31 heavy (non-hydrogen) atoms. The Kier molecular flexibility index (Phi) is 4.90. The maximum Gasteiger partial charge on any atom is 0.331 e. The van der Waals surface area contributed by atoms with Crippen LogP contribution in [0.2, 0.25) is 0 Å². The van der Waals surface area contributed by atoms with Gasteiger partial charge in [-0.3, -0.25) is 13.9 Å². The number of hydrogen-bond acceptors (Lipinski definition) is 4. The van der Waals surface area contributed by atoms with Gasteiger partial charge in [-0.05, 0) is 36.6 Å². The van der Waals surface area contributed by atoms with Crippen molar-refractivity contribution in [3.8, 4) is 5.75 Å². The van der Waals surface area contributed by atoms with Crippen LogP contribution in [0.5, 0.6) is 5.75 Å². The van der Waals surface area contributed by atoms with E-state index < -0.39 is 0 Å². The van der Waals surface area contributed by atoms with Crippen LogP contribution in [0.25, 0.3) is 21.9 Å². The third kappa shape index (κ3) is 3.25. The van der Waals surface area contributed by atoms with Gasteiger partial charge in [0.15, 0.2) is 0 Å². The molecule has 0 aliphatic carbocycles. The zero-order valence-electron chi connectivity index (χ0n) is 17.7. The number of rotatable bonds is 5. The molecule has 1 aliphatic rings. The van der Waals surface area contributed by atoms with Crippen molar-refractivity contribution in [1.29, 1.82) is 0 Å². The third-order valence-corrected chi connectivity index (χ3v) is 6.15. The van der Waals surface area contributed by atoms with Crippen LogP contribution in [0, 0.1) is 0 Å². The van der Waals surface area contributed by atoms with Crippen molar-refractivity contribution in [3.05, 3.63) is 74.9 Å². The van der Waals surface area contributed by atoms with Crippen LogP contribution >= 0.6 is 0 Å². The van der Waals surface area contributed by atoms with Gasteiger partial charge < -0.3 is 14.0 Å². The molecule has 7 heteroatoms. The molecule has 5 rings (SSSR count). The number of ether oxygens (including phenoxy) is 2. The molecule has 1 fully saturated rings. The normalized spacial score (nSPS) is 16.4. The van der Waals surface area contributed by atoms with Gasteiger partial charge in [-0.25, -0.2) is 4.79 Å². The van der Waals surface area contributed by atoms with E-state index in [4.69, 9.17) is 9.47 Å². The molecule has 7 nitrogen and oxygen atoms in total. The lowest BCUT2D eigenvalue weighted by atomic mass is 10.2. The second-order valence-corrected chi connectivity index (χ2v) is 8.04. The van der Waals surface area contributed by atoms with Crippen molar-refractivity contribution in [2.45, 2.75) is 32.0 Å². The second-order valence-electron chi connectivity index (χ2n) is 8.04. The van der Waals surface area contributed by atoms with Crippen molar-refractivity contribution < 1.29 is 9.47 Å². The molecule has 0 spiro atoms. The minimum atomic E-state index is -0.313. The van der Waals surface area contributed by atoms with Crippen LogP contribution in [-0.2, 0) is 24.9 Å². The zero-order valence-corrected chi connectivity index (χ0v) is 17.7. The number of aromatic nitrogens is 3. The maximum absolute atomic E-state index is 13.6. The van der Waals surface area contributed by atoms with Gasteiger partial charge in [0, 0.05) is 19.0 Å². The highest BCUT2D eigenvalue weighted by Crippen LogP contribution is 2.29. The van der Waals surface area contributed by atoms with Gasteiger partial charge in [-0.1, -0.05) is 30.3 Å². The Morgan fingerprint density at radius 2 is 1.87 bits per heavy atom. The number of nitrogens with zero attached hydrogens (tertiary/aromatic N) is 3. The van der Waals surface area contributed by atoms with E-state index in [2.05, 4.69) is 0 Å². The van der Waals surface area contributed by atoms with Gasteiger partial charge in [0.05, 0.1) is 37.3 Å². The van der Waals surface area contributed by atoms with Crippen molar-refractivity contribution in [2.24, 2.45) is 7.05 Å². The van der Waals surface area contributed by atoms with Gasteiger partial charge >= 0.3 is 5.69 Å². The average Bonchev–Trinajstić information content (AvgIpc) is 3.41. The van der Waals surface area contributed by atoms with Crippen LogP contribution in [-0.4, -0.2) is 33.5 Å². The van der Waals surface area contributed by atoms with Crippen molar-refractivity contribution in [1.82, 2.24) is 13.7 Å². The lowest BCUT2D eigenvalue weighted by Gasteiger charge is -2.16. The molecule has 0 N–H and O–H groups in total. The molecule has 0 radical (unpaired) electrons. The minimum absolute atomic E-state index is 0.109. The van der Waals surface area contributed by atoms with Crippen LogP contribution in [0.15, 0.2) is 58.1 Å². The fourth-order valence-corrected chi connectivity index (χ4v) is 4.57. The first-order chi connectivity index (χ1) is 15.1. The standard InChI is InChI=1S/C24H25N3O4/c1-25-20-11-10-17(30-2)13-19(20)21-22(25)23(28)27(15-18-9-6-12-31-18)24(29)26(21)14-16-7-4-3-5-8-16/h3-5,7-8,10-11,13,18H,6,9,12,14-15H2,1-2H3. The number of benzene rings is 2. The first-order valence-corrected chi connectivity index (χ1v) is 10.5. The van der Waals surface area contributed by atoms with E-state index in [1.165, 1.54) is 4.57 Å². The molecule has 1 atom stereocenters. The largest absolute Gasteiger partial charge is 0.497 e. The lowest BCUT2D eigenvalue weighted by Crippen LogP contribution is -2.42. The fraction of sp³-hybridized carbons (Fsp3) is 0.333. The molecule has 1 saturated heterocycles. The Morgan fingerprint density at radius 1 is 1.06 bits per heavy atom. The summed E-state index contributed by atoms with van der Waals surface area (Å²) in [5, 5.41) is 0.825. The predicted molar refractivity (Wildman–Crippen MR) is 120 cm³/mol. The van der Waals surface area contributed by atoms with Crippen LogP contribution in [0.3, 0.4) is 0 Å². The van der Waals surface area contributed by atoms with Crippen molar-refractivity contribution in [2.75, 3.05) is 13.7 Å². The summed E-state index contributed by atoms with van der Waals surface area (Å²) in [6.07, 6.45) is 1.70. The molecule has 3 heterocycles. The first-order valence-electron chi connectivity index (χ1n) is 10.5. The summed E-state index contributed by atoms with van der Waals surface area (Å²) in [5.41, 5.74) is 2.43. The van der Waals surface area contributed by atoms with Gasteiger partial charge in [0.25, 0.3) is 5.56 Å². The molecule has 2 aromatic carbocycles. The Bertz CT molecular complexity index is 1380. The predicted octanol–water partition coefficient (Wildman–Crippen LogP) is 2.89. The van der Waals surface area contributed by atoms with Crippen molar-refractivity contribution in [3.63, 3.8) is 0 Å². The summed E-state index contributed by atoms with van der Waals surface area (Å²) in [5.74, 6) is 0.683. The van der Waals surface area contributed by atoms with Gasteiger partial charge in [0.2, 0.25) is 0 Å². The maximum atomic E-state index is 13.6. The van der Waals surface area contributed by atoms with Gasteiger partial charge in [-0.15, -0.1) is 0 Å². The van der Waals surface area contributed by atoms with E-state index in [0.717, 1.165) is 29.3 Å². The summed E-state index contributed by atoms with van der Waals surface area (Å²) >= 11 is 0. The van der Waals surface area contributed by atoms with Crippen molar-refractivity contribution >= 4 is 21.9 Å². The molecule has 0 amide bonds. The summed E-state index contributed by atoms with van der Waals surface area (Å²) in [6.45, 7) is 1.32. The first kappa shape index (κ1) is 19.6. The minimum Gasteiger partial charge on any atom is -0.497 e. The van der Waals surface area contributed by atoms with Crippen LogP contribution in [0.4, 0.5) is 0 Å². The van der Waals surface area contributed by atoms with E-state index in [-0.39, 0.29) is 23.9 Å². The molecule has 2 aromatic heterocycles. The Hall–Kier alpha value is -3.32. The van der Waals surface area contributed by atoms with E-state index in [9.17, 15) is 9.59 Å². The van der Waals surface area contributed by atoms with Gasteiger partial charge in [-0.2, -0.15) is 0 Å². The van der Waals surface area contributed by atoms with E-state index in [0.29, 0.717) is 29.9 Å². The van der Waals surface area contributed by atoms with Crippen LogP contribution < -0.4 is 16.0 Å². The van der Waals surface area contributed by atoms with Gasteiger partial charge in [0.1, 0.15) is 11.3 Å². The fourth-order valence-electron chi connectivity index (χ4n) is 4.57. The highest BCUT2D eigenvalue weighted by Gasteiger charge is 2.24. The average molecular weight is 419 g/mol. The van der Waals surface area contributed by atoms with E-state index in [1.807, 2.05) is 60.1 Å². The van der Waals surface area contributed by atoms with E-state index >= 15 is 0 Å². The highest BCUT2D eigenvalue weighted by molar-refractivity contribution is 6.06. The molecule has 1 aliphatic heterocycles. The quantitative estimate of drug-likeness (QED) is 0.499. The smallest absolute Gasteiger partial charge is 0.331 e. The Balaban J connectivity index is 1.84. The summed E-state index contributed by atoms with van der Waals surface area (Å²) in [6, 6.07) is 15.5. The number of aryl methyl sites for hydroxylation is 1. The lowest BCUT2D eigenvalue weighted by molar-refractivity contribution is 0.0948. The number of methoxy groups -OCH3 is 1. The molecular formula is C24H25N3O4. The summed E-state index contributed by atoms with van der Waals surface area (Å²) < 4.78 is 16.1. The molecule has 4 aromatic rings. The SMILES string of the molecule is COc1ccc2c(c1)c1c(c(=O)n(CC3CCCO3)c(=O)n1Cc1ccccc1)n2C. The number of fused-ring (bicyclic) bond motifs is 3. The summed E-state index contributed by atoms with van der Waals surface area (Å²) in [7, 11) is 3.48. The summed E-state index contributed by atoms with van der Waals surface area (Å²) in [4.78, 5) is 27.2. The molecule has 1 unspecified atom stereocenters. The highest BCUT2D eigenvalue weighted by atomic mass is 16.5. The second kappa shape index (κ2) is 7.74. The Morgan fingerprint density at radius 3 is 2.58 bits per heavy atom. The topological polar surface area (TPSA) is 67.4 Å². The Labute approximate surface area is 179 Å². The molecule has 0 bridgehead atoms. The molecule has 0 saturated carbocycles. The monoisotopic (exact) mass is 419 g/mol.